The molecule has 5 aliphatic rings. The van der Waals surface area contributed by atoms with E-state index in [-0.39, 0.29) is 0 Å². The van der Waals surface area contributed by atoms with Gasteiger partial charge in [-0.3, -0.25) is 0 Å². The minimum absolute atomic E-state index is 0.832. The van der Waals surface area contributed by atoms with Gasteiger partial charge in [0.1, 0.15) is 0 Å². The second-order valence-electron chi connectivity index (χ2n) is 10.0. The van der Waals surface area contributed by atoms with Crippen LogP contribution in [0.2, 0.25) is 0 Å². The van der Waals surface area contributed by atoms with Crippen LogP contribution in [0.1, 0.15) is 65.7 Å². The summed E-state index contributed by atoms with van der Waals surface area (Å²) in [4.78, 5) is 0. The van der Waals surface area contributed by atoms with Gasteiger partial charge in [-0.25, -0.2) is 0 Å². The standard InChI is InChI=1S/C24H36/c1-5-8-16-12-15(7-3)21-18(17(16)9-6-2)10-11-24-14(4)22(24)19-13-20(19)23(21)24/h5,8,14-15,17-23H,1,6-7,9-13H2,2-4H3/b16-8-. The highest BCUT2D eigenvalue weighted by atomic mass is 14.9. The first-order chi connectivity index (χ1) is 11.7. The van der Waals surface area contributed by atoms with Gasteiger partial charge in [0.15, 0.2) is 0 Å². The monoisotopic (exact) mass is 324 g/mol. The Morgan fingerprint density at radius 3 is 2.67 bits per heavy atom. The van der Waals surface area contributed by atoms with Crippen LogP contribution in [0, 0.1) is 58.7 Å². The summed E-state index contributed by atoms with van der Waals surface area (Å²) < 4.78 is 0. The smallest absolute Gasteiger partial charge is 0.0169 e. The maximum Gasteiger partial charge on any atom is -0.0169 e. The van der Waals surface area contributed by atoms with E-state index in [1.165, 1.54) is 32.1 Å². The van der Waals surface area contributed by atoms with Crippen molar-refractivity contribution in [3.8, 4) is 0 Å². The van der Waals surface area contributed by atoms with Gasteiger partial charge in [-0.05, 0) is 90.8 Å². The van der Waals surface area contributed by atoms with E-state index in [9.17, 15) is 0 Å². The molecule has 132 valence electrons. The molecule has 1 spiro atoms. The Bertz CT molecular complexity index is 571. The van der Waals surface area contributed by atoms with E-state index in [2.05, 4.69) is 39.5 Å². The fraction of sp³-hybridized carbons (Fsp3) is 0.833. The van der Waals surface area contributed by atoms with Gasteiger partial charge in [0.05, 0.1) is 0 Å². The van der Waals surface area contributed by atoms with Crippen molar-refractivity contribution in [2.45, 2.75) is 65.7 Å². The Balaban J connectivity index is 1.52. The summed E-state index contributed by atoms with van der Waals surface area (Å²) >= 11 is 0. The van der Waals surface area contributed by atoms with Crippen LogP contribution in [-0.2, 0) is 0 Å². The van der Waals surface area contributed by atoms with E-state index in [1.807, 2.05) is 0 Å². The molecule has 5 aliphatic carbocycles. The van der Waals surface area contributed by atoms with Gasteiger partial charge in [-0.1, -0.05) is 57.9 Å². The number of hydrogen-bond acceptors (Lipinski definition) is 0. The van der Waals surface area contributed by atoms with Crippen molar-refractivity contribution in [2.24, 2.45) is 58.7 Å². The molecule has 0 aromatic rings. The minimum Gasteiger partial charge on any atom is -0.0991 e. The Hall–Kier alpha value is -0.520. The third-order valence-corrected chi connectivity index (χ3v) is 9.64. The van der Waals surface area contributed by atoms with Crippen molar-refractivity contribution in [3.05, 3.63) is 24.3 Å². The molecule has 0 bridgehead atoms. The van der Waals surface area contributed by atoms with Gasteiger partial charge in [-0.15, -0.1) is 0 Å². The summed E-state index contributed by atoms with van der Waals surface area (Å²) in [6.07, 6.45) is 14.8. The zero-order valence-electron chi connectivity index (χ0n) is 16.0. The third-order valence-electron chi connectivity index (χ3n) is 9.64. The fourth-order valence-electron chi connectivity index (χ4n) is 8.98. The molecule has 10 unspecified atom stereocenters. The molecular formula is C24H36. The van der Waals surface area contributed by atoms with E-state index >= 15 is 0 Å². The molecule has 10 atom stereocenters. The highest BCUT2D eigenvalue weighted by Gasteiger charge is 2.82. The largest absolute Gasteiger partial charge is 0.0991 e. The minimum atomic E-state index is 0.832. The maximum absolute atomic E-state index is 4.03. The van der Waals surface area contributed by atoms with Crippen LogP contribution in [-0.4, -0.2) is 0 Å². The molecule has 0 N–H and O–H groups in total. The van der Waals surface area contributed by atoms with Crippen molar-refractivity contribution in [2.75, 3.05) is 0 Å². The van der Waals surface area contributed by atoms with Crippen LogP contribution < -0.4 is 0 Å². The molecule has 0 saturated heterocycles. The van der Waals surface area contributed by atoms with Crippen LogP contribution in [0.15, 0.2) is 24.3 Å². The second-order valence-corrected chi connectivity index (χ2v) is 10.0. The van der Waals surface area contributed by atoms with Crippen LogP contribution in [0.3, 0.4) is 0 Å². The topological polar surface area (TPSA) is 0 Å². The summed E-state index contributed by atoms with van der Waals surface area (Å²) in [5.41, 5.74) is 2.60. The second kappa shape index (κ2) is 5.24. The zero-order valence-corrected chi connectivity index (χ0v) is 16.0. The molecule has 0 heteroatoms. The average molecular weight is 325 g/mol. The number of rotatable bonds is 4. The summed E-state index contributed by atoms with van der Waals surface area (Å²) in [5, 5.41) is 0. The number of allylic oxidation sites excluding steroid dienone is 3. The molecular weight excluding hydrogens is 288 g/mol. The van der Waals surface area contributed by atoms with E-state index in [0.29, 0.717) is 0 Å². The SMILES string of the molecule is C=C/C=C1/CC(CC)C2C(CCC34C(C)C3C3CC3C24)C1CCC. The van der Waals surface area contributed by atoms with Gasteiger partial charge in [0, 0.05) is 0 Å². The van der Waals surface area contributed by atoms with Crippen molar-refractivity contribution < 1.29 is 0 Å². The van der Waals surface area contributed by atoms with Gasteiger partial charge in [0.2, 0.25) is 0 Å². The summed E-state index contributed by atoms with van der Waals surface area (Å²) in [7, 11) is 0. The summed E-state index contributed by atoms with van der Waals surface area (Å²) in [5.74, 6) is 9.56. The molecule has 24 heavy (non-hydrogen) atoms. The Labute approximate surface area is 149 Å². The lowest BCUT2D eigenvalue weighted by atomic mass is 9.51. The lowest BCUT2D eigenvalue weighted by molar-refractivity contribution is -0.0262. The summed E-state index contributed by atoms with van der Waals surface area (Å²) in [6, 6.07) is 0. The highest BCUT2D eigenvalue weighted by molar-refractivity contribution is 5.31. The van der Waals surface area contributed by atoms with Crippen molar-refractivity contribution in [1.29, 1.82) is 0 Å². The lowest BCUT2D eigenvalue weighted by Gasteiger charge is -2.54. The van der Waals surface area contributed by atoms with E-state index in [4.69, 9.17) is 0 Å². The van der Waals surface area contributed by atoms with E-state index in [0.717, 1.165) is 58.7 Å². The zero-order chi connectivity index (χ0) is 16.6. The molecule has 0 aliphatic heterocycles. The quantitative estimate of drug-likeness (QED) is 0.554. The van der Waals surface area contributed by atoms with Crippen LogP contribution in [0.25, 0.3) is 0 Å². The molecule has 0 aromatic carbocycles. The first-order valence-electron chi connectivity index (χ1n) is 11.0. The van der Waals surface area contributed by atoms with Crippen molar-refractivity contribution in [1.82, 2.24) is 0 Å². The number of fused-ring (bicyclic) bond motifs is 5. The predicted octanol–water partition coefficient (Wildman–Crippen LogP) is 6.49. The molecule has 0 nitrogen and oxygen atoms in total. The van der Waals surface area contributed by atoms with Crippen LogP contribution >= 0.6 is 0 Å². The predicted molar refractivity (Wildman–Crippen MR) is 101 cm³/mol. The first kappa shape index (κ1) is 15.7. The van der Waals surface area contributed by atoms with Gasteiger partial charge < -0.3 is 0 Å². The maximum atomic E-state index is 4.03. The van der Waals surface area contributed by atoms with Crippen LogP contribution in [0.4, 0.5) is 0 Å². The molecule has 0 aromatic heterocycles. The Morgan fingerprint density at radius 2 is 1.96 bits per heavy atom. The lowest BCUT2D eigenvalue weighted by Crippen LogP contribution is -2.47. The first-order valence-corrected chi connectivity index (χ1v) is 11.0. The molecule has 0 amide bonds. The van der Waals surface area contributed by atoms with Gasteiger partial charge in [-0.2, -0.15) is 0 Å². The molecule has 0 heterocycles. The Morgan fingerprint density at radius 1 is 1.17 bits per heavy atom. The van der Waals surface area contributed by atoms with Gasteiger partial charge >= 0.3 is 0 Å². The highest BCUT2D eigenvalue weighted by Crippen LogP contribution is 2.87. The molecule has 0 radical (unpaired) electrons. The molecule has 5 rings (SSSR count). The van der Waals surface area contributed by atoms with E-state index < -0.39 is 0 Å². The van der Waals surface area contributed by atoms with E-state index in [1.54, 1.807) is 18.4 Å². The normalized spacial score (nSPS) is 58.5. The molecule has 5 fully saturated rings. The molecule has 5 saturated carbocycles. The summed E-state index contributed by atoms with van der Waals surface area (Å²) in [6.45, 7) is 11.5. The Kier molecular flexibility index (Phi) is 3.43. The fourth-order valence-corrected chi connectivity index (χ4v) is 8.98. The van der Waals surface area contributed by atoms with Crippen molar-refractivity contribution >= 4 is 0 Å². The van der Waals surface area contributed by atoms with Gasteiger partial charge in [0.25, 0.3) is 0 Å². The van der Waals surface area contributed by atoms with Crippen LogP contribution in [0.5, 0.6) is 0 Å². The number of hydrogen-bond donors (Lipinski definition) is 0. The third kappa shape index (κ3) is 1.76. The van der Waals surface area contributed by atoms with Crippen molar-refractivity contribution in [3.63, 3.8) is 0 Å². The average Bonchev–Trinajstić information content (AvgIpc) is 3.45.